The van der Waals surface area contributed by atoms with Gasteiger partial charge in [-0.25, -0.2) is 9.38 Å². The lowest BCUT2D eigenvalue weighted by Gasteiger charge is -2.25. The van der Waals surface area contributed by atoms with E-state index < -0.39 is 0 Å². The fraction of sp³-hybridized carbons (Fsp3) is 0.231. The second-order valence-electron chi connectivity index (χ2n) is 8.32. The Bertz CT molecular complexity index is 1210. The molecule has 0 spiro atoms. The summed E-state index contributed by atoms with van der Waals surface area (Å²) in [6, 6.07) is 18.8. The van der Waals surface area contributed by atoms with Gasteiger partial charge in [-0.1, -0.05) is 12.1 Å². The van der Waals surface area contributed by atoms with E-state index in [-0.39, 0.29) is 11.7 Å². The smallest absolute Gasteiger partial charge is 0.255 e. The number of ether oxygens (including phenoxy) is 1. The molecular formula is C26H25FN4O2. The molecule has 33 heavy (non-hydrogen) atoms. The molecule has 2 aliphatic heterocycles. The maximum atomic E-state index is 13.2. The van der Waals surface area contributed by atoms with E-state index in [4.69, 9.17) is 9.73 Å². The number of para-hydroxylation sites is 2. The Morgan fingerprint density at radius 1 is 0.970 bits per heavy atom. The number of amides is 1. The van der Waals surface area contributed by atoms with Crippen LogP contribution < -0.4 is 10.1 Å². The van der Waals surface area contributed by atoms with Gasteiger partial charge in [-0.05, 0) is 74.6 Å². The molecule has 1 fully saturated rings. The number of hydrogen-bond acceptors (Lipinski definition) is 5. The normalized spacial score (nSPS) is 15.9. The average molecular weight is 445 g/mol. The van der Waals surface area contributed by atoms with Crippen molar-refractivity contribution >= 4 is 23.1 Å². The van der Waals surface area contributed by atoms with Gasteiger partial charge in [0.25, 0.3) is 5.91 Å². The van der Waals surface area contributed by atoms with Crippen molar-refractivity contribution in [1.82, 2.24) is 9.80 Å². The average Bonchev–Trinajstić information content (AvgIpc) is 3.13. The van der Waals surface area contributed by atoms with Crippen molar-refractivity contribution in [2.45, 2.75) is 6.42 Å². The zero-order valence-corrected chi connectivity index (χ0v) is 18.4. The van der Waals surface area contributed by atoms with Crippen LogP contribution in [0.4, 0.5) is 15.8 Å². The molecule has 5 rings (SSSR count). The predicted octanol–water partition coefficient (Wildman–Crippen LogP) is 4.90. The van der Waals surface area contributed by atoms with Crippen molar-refractivity contribution in [3.8, 4) is 11.5 Å². The summed E-state index contributed by atoms with van der Waals surface area (Å²) < 4.78 is 19.5. The third-order valence-corrected chi connectivity index (χ3v) is 5.92. The summed E-state index contributed by atoms with van der Waals surface area (Å²) in [6.45, 7) is 3.72. The monoisotopic (exact) mass is 444 g/mol. The molecule has 3 aromatic carbocycles. The van der Waals surface area contributed by atoms with Crippen LogP contribution in [0.5, 0.6) is 11.5 Å². The molecule has 1 amide bonds. The van der Waals surface area contributed by atoms with Crippen LogP contribution in [0.3, 0.4) is 0 Å². The maximum absolute atomic E-state index is 13.2. The van der Waals surface area contributed by atoms with Gasteiger partial charge in [0.1, 0.15) is 23.1 Å². The molecule has 2 heterocycles. The van der Waals surface area contributed by atoms with Gasteiger partial charge in [0.05, 0.1) is 5.56 Å². The number of benzene rings is 3. The Kier molecular flexibility index (Phi) is 5.79. The molecular weight excluding hydrogens is 419 g/mol. The summed E-state index contributed by atoms with van der Waals surface area (Å²) in [7, 11) is 2.13. The van der Waals surface area contributed by atoms with Gasteiger partial charge in [0.2, 0.25) is 0 Å². The SMILES string of the molecule is CN1CCCN(C2=Nc3ccccc3Oc3ccc(NC(=O)c4ccc(F)cc4)cc32)CC1. The standard InChI is InChI=1S/C26H25FN4O2/c1-30-13-4-14-31(16-15-30)25-21-17-20(28-26(32)18-7-9-19(27)10-8-18)11-12-23(21)33-24-6-3-2-5-22(24)29-25/h2-3,5-12,17H,4,13-16H2,1H3,(H,28,32). The number of fused-ring (bicyclic) bond motifs is 2. The van der Waals surface area contributed by atoms with Crippen LogP contribution in [-0.2, 0) is 0 Å². The van der Waals surface area contributed by atoms with E-state index in [0.29, 0.717) is 22.7 Å². The highest BCUT2D eigenvalue weighted by molar-refractivity contribution is 6.07. The number of aliphatic imine (C=N–C) groups is 1. The van der Waals surface area contributed by atoms with Gasteiger partial charge in [-0.3, -0.25) is 4.79 Å². The fourth-order valence-corrected chi connectivity index (χ4v) is 4.10. The molecule has 0 bridgehead atoms. The van der Waals surface area contributed by atoms with Gasteiger partial charge in [-0.2, -0.15) is 0 Å². The summed E-state index contributed by atoms with van der Waals surface area (Å²) in [5.74, 6) is 1.54. The molecule has 6 nitrogen and oxygen atoms in total. The number of nitrogens with one attached hydrogen (secondary N) is 1. The Balaban J connectivity index is 1.51. The van der Waals surface area contributed by atoms with E-state index >= 15 is 0 Å². The van der Waals surface area contributed by atoms with Crippen molar-refractivity contribution in [3.63, 3.8) is 0 Å². The fourth-order valence-electron chi connectivity index (χ4n) is 4.10. The lowest BCUT2D eigenvalue weighted by molar-refractivity contribution is 0.102. The Morgan fingerprint density at radius 3 is 2.64 bits per heavy atom. The predicted molar refractivity (Wildman–Crippen MR) is 127 cm³/mol. The molecule has 0 aliphatic carbocycles. The van der Waals surface area contributed by atoms with Gasteiger partial charge in [0, 0.05) is 30.9 Å². The molecule has 7 heteroatoms. The van der Waals surface area contributed by atoms with Crippen LogP contribution in [0.15, 0.2) is 71.7 Å². The van der Waals surface area contributed by atoms with E-state index in [1.165, 1.54) is 24.3 Å². The van der Waals surface area contributed by atoms with Crippen LogP contribution in [-0.4, -0.2) is 54.8 Å². The largest absolute Gasteiger partial charge is 0.454 e. The first-order valence-electron chi connectivity index (χ1n) is 11.1. The second-order valence-corrected chi connectivity index (χ2v) is 8.32. The number of anilines is 1. The number of carbonyl (C=O) groups excluding carboxylic acids is 1. The summed E-state index contributed by atoms with van der Waals surface area (Å²) >= 11 is 0. The molecule has 168 valence electrons. The number of rotatable bonds is 2. The van der Waals surface area contributed by atoms with Gasteiger partial charge < -0.3 is 19.9 Å². The number of halogens is 1. The number of carbonyl (C=O) groups is 1. The second kappa shape index (κ2) is 9.03. The van der Waals surface area contributed by atoms with E-state index in [2.05, 4.69) is 22.2 Å². The summed E-state index contributed by atoms with van der Waals surface area (Å²) in [5, 5.41) is 2.91. The highest BCUT2D eigenvalue weighted by Gasteiger charge is 2.25. The zero-order chi connectivity index (χ0) is 22.8. The van der Waals surface area contributed by atoms with Gasteiger partial charge >= 0.3 is 0 Å². The minimum Gasteiger partial charge on any atom is -0.454 e. The summed E-state index contributed by atoms with van der Waals surface area (Å²) in [5.41, 5.74) is 2.61. The molecule has 0 radical (unpaired) electrons. The highest BCUT2D eigenvalue weighted by Crippen LogP contribution is 2.39. The van der Waals surface area contributed by atoms with Crippen molar-refractivity contribution in [2.24, 2.45) is 4.99 Å². The van der Waals surface area contributed by atoms with Crippen LogP contribution in [0.2, 0.25) is 0 Å². The minimum atomic E-state index is -0.378. The van der Waals surface area contributed by atoms with E-state index in [1.54, 1.807) is 0 Å². The third kappa shape index (κ3) is 4.59. The Hall–Kier alpha value is -3.71. The van der Waals surface area contributed by atoms with Crippen LogP contribution in [0.1, 0.15) is 22.3 Å². The van der Waals surface area contributed by atoms with Crippen LogP contribution in [0, 0.1) is 5.82 Å². The van der Waals surface area contributed by atoms with E-state index in [9.17, 15) is 9.18 Å². The first kappa shape index (κ1) is 21.2. The van der Waals surface area contributed by atoms with Crippen molar-refractivity contribution in [2.75, 3.05) is 38.5 Å². The van der Waals surface area contributed by atoms with E-state index in [0.717, 1.165) is 49.7 Å². The van der Waals surface area contributed by atoms with Crippen molar-refractivity contribution in [3.05, 3.63) is 83.7 Å². The van der Waals surface area contributed by atoms with Crippen molar-refractivity contribution < 1.29 is 13.9 Å². The molecule has 2 aliphatic rings. The maximum Gasteiger partial charge on any atom is 0.255 e. The summed E-state index contributed by atoms with van der Waals surface area (Å²) in [4.78, 5) is 22.3. The Morgan fingerprint density at radius 2 is 1.79 bits per heavy atom. The Labute approximate surface area is 192 Å². The van der Waals surface area contributed by atoms with Gasteiger partial charge in [-0.15, -0.1) is 0 Å². The zero-order valence-electron chi connectivity index (χ0n) is 18.4. The molecule has 1 N–H and O–H groups in total. The van der Waals surface area contributed by atoms with Gasteiger partial charge in [0.15, 0.2) is 5.75 Å². The third-order valence-electron chi connectivity index (χ3n) is 5.92. The number of amidine groups is 1. The minimum absolute atomic E-state index is 0.303. The summed E-state index contributed by atoms with van der Waals surface area (Å²) in [6.07, 6.45) is 1.04. The van der Waals surface area contributed by atoms with Crippen molar-refractivity contribution in [1.29, 1.82) is 0 Å². The number of nitrogens with zero attached hydrogens (tertiary/aromatic N) is 3. The first-order valence-corrected chi connectivity index (χ1v) is 11.1. The highest BCUT2D eigenvalue weighted by atomic mass is 19.1. The molecule has 0 atom stereocenters. The lowest BCUT2D eigenvalue weighted by atomic mass is 10.1. The molecule has 0 aromatic heterocycles. The molecule has 3 aromatic rings. The number of likely N-dealkylation sites (N-methyl/N-ethyl adjacent to an activating group) is 1. The van der Waals surface area contributed by atoms with Crippen LogP contribution in [0.25, 0.3) is 0 Å². The van der Waals surface area contributed by atoms with Crippen LogP contribution >= 0.6 is 0 Å². The quantitative estimate of drug-likeness (QED) is 0.611. The lowest BCUT2D eigenvalue weighted by Crippen LogP contribution is -2.35. The first-order chi connectivity index (χ1) is 16.1. The topological polar surface area (TPSA) is 57.2 Å². The van der Waals surface area contributed by atoms with E-state index in [1.807, 2.05) is 42.5 Å². The molecule has 0 saturated carbocycles. The number of hydrogen-bond donors (Lipinski definition) is 1. The molecule has 0 unspecified atom stereocenters. The molecule has 1 saturated heterocycles.